The lowest BCUT2D eigenvalue weighted by atomic mass is 9.93. The van der Waals surface area contributed by atoms with E-state index in [2.05, 4.69) is 4.98 Å². The minimum Gasteiger partial charge on any atom is -0.481 e. The van der Waals surface area contributed by atoms with Gasteiger partial charge in [-0.3, -0.25) is 4.79 Å². The molecular weight excluding hydrogens is 168 g/mol. The fourth-order valence-electron chi connectivity index (χ4n) is 1.20. The summed E-state index contributed by atoms with van der Waals surface area (Å²) < 4.78 is 1.84. The Hall–Kier alpha value is -1.32. The lowest BCUT2D eigenvalue weighted by molar-refractivity contribution is -0.142. The monoisotopic (exact) mass is 182 g/mol. The second kappa shape index (κ2) is 3.20. The molecule has 13 heavy (non-hydrogen) atoms. The predicted octanol–water partition coefficient (Wildman–Crippen LogP) is 1.27. The Labute approximate surface area is 77.2 Å². The van der Waals surface area contributed by atoms with Gasteiger partial charge >= 0.3 is 5.97 Å². The van der Waals surface area contributed by atoms with Crippen LogP contribution in [0.15, 0.2) is 12.4 Å². The van der Waals surface area contributed by atoms with Crippen molar-refractivity contribution >= 4 is 5.97 Å². The lowest BCUT2D eigenvalue weighted by Crippen LogP contribution is -2.32. The summed E-state index contributed by atoms with van der Waals surface area (Å²) in [4.78, 5) is 15.0. The molecule has 0 aliphatic carbocycles. The molecule has 4 nitrogen and oxygen atoms in total. The number of aromatic nitrogens is 2. The van der Waals surface area contributed by atoms with Gasteiger partial charge in [-0.2, -0.15) is 0 Å². The van der Waals surface area contributed by atoms with E-state index in [-0.39, 0.29) is 0 Å². The highest BCUT2D eigenvalue weighted by atomic mass is 16.4. The molecule has 0 aliphatic rings. The molecule has 0 saturated carbocycles. The molecule has 1 N–H and O–H groups in total. The molecule has 4 heteroatoms. The average Bonchev–Trinajstić information content (AvgIpc) is 2.51. The largest absolute Gasteiger partial charge is 0.481 e. The standard InChI is InChI=1S/C9H14N2O2/c1-4-11-6-5-10-7(11)9(2,3)8(12)13/h5-6H,4H2,1-3H3,(H,12,13). The van der Waals surface area contributed by atoms with E-state index in [9.17, 15) is 4.79 Å². The molecule has 0 aromatic carbocycles. The van der Waals surface area contributed by atoms with Crippen LogP contribution in [0.4, 0.5) is 0 Å². The Morgan fingerprint density at radius 1 is 1.69 bits per heavy atom. The quantitative estimate of drug-likeness (QED) is 0.765. The third-order valence-electron chi connectivity index (χ3n) is 2.15. The first-order chi connectivity index (χ1) is 6.00. The van der Waals surface area contributed by atoms with Crippen LogP contribution in [0, 0.1) is 0 Å². The molecule has 1 aromatic rings. The molecule has 0 radical (unpaired) electrons. The molecule has 0 unspecified atom stereocenters. The second-order valence-electron chi connectivity index (χ2n) is 3.47. The van der Waals surface area contributed by atoms with Gasteiger partial charge in [0.25, 0.3) is 0 Å². The summed E-state index contributed by atoms with van der Waals surface area (Å²) in [5.74, 6) is -0.254. The molecule has 0 atom stereocenters. The molecule has 72 valence electrons. The van der Waals surface area contributed by atoms with E-state index in [0.29, 0.717) is 5.82 Å². The van der Waals surface area contributed by atoms with Crippen molar-refractivity contribution in [2.75, 3.05) is 0 Å². The smallest absolute Gasteiger partial charge is 0.316 e. The van der Waals surface area contributed by atoms with Crippen LogP contribution in [0.1, 0.15) is 26.6 Å². The van der Waals surface area contributed by atoms with Gasteiger partial charge in [-0.1, -0.05) is 0 Å². The van der Waals surface area contributed by atoms with Gasteiger partial charge in [0, 0.05) is 18.9 Å². The van der Waals surface area contributed by atoms with E-state index in [0.717, 1.165) is 6.54 Å². The summed E-state index contributed by atoms with van der Waals surface area (Å²) in [6.07, 6.45) is 3.42. The van der Waals surface area contributed by atoms with E-state index in [1.54, 1.807) is 26.2 Å². The number of carboxylic acid groups (broad SMARTS) is 1. The zero-order chi connectivity index (χ0) is 10.1. The van der Waals surface area contributed by atoms with Crippen LogP contribution >= 0.6 is 0 Å². The van der Waals surface area contributed by atoms with Gasteiger partial charge in [-0.05, 0) is 20.8 Å². The van der Waals surface area contributed by atoms with Gasteiger partial charge in [0.2, 0.25) is 0 Å². The maximum atomic E-state index is 10.9. The number of rotatable bonds is 3. The van der Waals surface area contributed by atoms with Crippen LogP contribution < -0.4 is 0 Å². The summed E-state index contributed by atoms with van der Waals surface area (Å²) >= 11 is 0. The van der Waals surface area contributed by atoms with Crippen molar-refractivity contribution in [2.24, 2.45) is 0 Å². The first-order valence-electron chi connectivity index (χ1n) is 4.25. The van der Waals surface area contributed by atoms with Crippen LogP contribution in [-0.2, 0) is 16.8 Å². The third-order valence-corrected chi connectivity index (χ3v) is 2.15. The van der Waals surface area contributed by atoms with Crippen molar-refractivity contribution in [1.82, 2.24) is 9.55 Å². The van der Waals surface area contributed by atoms with Crippen molar-refractivity contribution in [3.63, 3.8) is 0 Å². The maximum Gasteiger partial charge on any atom is 0.316 e. The van der Waals surface area contributed by atoms with E-state index in [4.69, 9.17) is 5.11 Å². The average molecular weight is 182 g/mol. The molecule has 0 bridgehead atoms. The highest BCUT2D eigenvalue weighted by Gasteiger charge is 2.33. The van der Waals surface area contributed by atoms with Crippen LogP contribution in [0.3, 0.4) is 0 Å². The van der Waals surface area contributed by atoms with Gasteiger partial charge in [0.05, 0.1) is 0 Å². The predicted molar refractivity (Wildman–Crippen MR) is 48.6 cm³/mol. The minimum atomic E-state index is -0.917. The molecule has 0 fully saturated rings. The molecule has 0 spiro atoms. The first-order valence-corrected chi connectivity index (χ1v) is 4.25. The number of nitrogens with zero attached hydrogens (tertiary/aromatic N) is 2. The minimum absolute atomic E-state index is 0.600. The van der Waals surface area contributed by atoms with Crippen LogP contribution in [-0.4, -0.2) is 20.6 Å². The molecule has 1 heterocycles. The number of aryl methyl sites for hydroxylation is 1. The molecule has 0 aliphatic heterocycles. The van der Waals surface area contributed by atoms with Gasteiger partial charge < -0.3 is 9.67 Å². The second-order valence-corrected chi connectivity index (χ2v) is 3.47. The van der Waals surface area contributed by atoms with Crippen LogP contribution in [0.5, 0.6) is 0 Å². The van der Waals surface area contributed by atoms with Gasteiger partial charge in [-0.15, -0.1) is 0 Å². The number of aliphatic carboxylic acids is 1. The maximum absolute atomic E-state index is 10.9. The first kappa shape index (κ1) is 9.77. The number of hydrogen-bond acceptors (Lipinski definition) is 2. The third kappa shape index (κ3) is 1.56. The van der Waals surface area contributed by atoms with Gasteiger partial charge in [-0.25, -0.2) is 4.98 Å². The Balaban J connectivity index is 3.13. The summed E-state index contributed by atoms with van der Waals surface area (Å²) in [6, 6.07) is 0. The topological polar surface area (TPSA) is 55.1 Å². The van der Waals surface area contributed by atoms with E-state index in [1.807, 2.05) is 11.5 Å². The van der Waals surface area contributed by atoms with E-state index >= 15 is 0 Å². The Morgan fingerprint density at radius 2 is 2.31 bits per heavy atom. The Morgan fingerprint density at radius 3 is 2.77 bits per heavy atom. The molecular formula is C9H14N2O2. The molecule has 0 amide bonds. The van der Waals surface area contributed by atoms with Crippen molar-refractivity contribution in [3.05, 3.63) is 18.2 Å². The Bertz CT molecular complexity index is 315. The van der Waals surface area contributed by atoms with Gasteiger partial charge in [0.15, 0.2) is 0 Å². The van der Waals surface area contributed by atoms with Crippen LogP contribution in [0.25, 0.3) is 0 Å². The van der Waals surface area contributed by atoms with Crippen molar-refractivity contribution in [2.45, 2.75) is 32.7 Å². The van der Waals surface area contributed by atoms with Gasteiger partial charge in [0.1, 0.15) is 11.2 Å². The molecule has 1 rings (SSSR count). The summed E-state index contributed by atoms with van der Waals surface area (Å²) in [6.45, 7) is 6.02. The van der Waals surface area contributed by atoms with Crippen molar-refractivity contribution in [3.8, 4) is 0 Å². The summed E-state index contributed by atoms with van der Waals surface area (Å²) in [5, 5.41) is 8.98. The fourth-order valence-corrected chi connectivity index (χ4v) is 1.20. The highest BCUT2D eigenvalue weighted by molar-refractivity contribution is 5.79. The zero-order valence-corrected chi connectivity index (χ0v) is 8.11. The number of imidazole rings is 1. The molecule has 1 aromatic heterocycles. The summed E-state index contributed by atoms with van der Waals surface area (Å²) in [7, 11) is 0. The van der Waals surface area contributed by atoms with E-state index < -0.39 is 11.4 Å². The molecule has 0 saturated heterocycles. The number of carbonyl (C=O) groups is 1. The lowest BCUT2D eigenvalue weighted by Gasteiger charge is -2.19. The van der Waals surface area contributed by atoms with Crippen molar-refractivity contribution in [1.29, 1.82) is 0 Å². The van der Waals surface area contributed by atoms with Crippen molar-refractivity contribution < 1.29 is 9.90 Å². The number of carboxylic acids is 1. The normalized spacial score (nSPS) is 11.6. The highest BCUT2D eigenvalue weighted by Crippen LogP contribution is 2.21. The number of hydrogen-bond donors (Lipinski definition) is 1. The van der Waals surface area contributed by atoms with Crippen LogP contribution in [0.2, 0.25) is 0 Å². The fraction of sp³-hybridized carbons (Fsp3) is 0.556. The Kier molecular flexibility index (Phi) is 2.40. The zero-order valence-electron chi connectivity index (χ0n) is 8.11. The van der Waals surface area contributed by atoms with E-state index in [1.165, 1.54) is 0 Å². The SMILES string of the molecule is CCn1ccnc1C(C)(C)C(=O)O. The summed E-state index contributed by atoms with van der Waals surface area (Å²) in [5.41, 5.74) is -0.917.